The topological polar surface area (TPSA) is 87.4 Å². The third-order valence-electron chi connectivity index (χ3n) is 5.34. The highest BCUT2D eigenvalue weighted by atomic mass is 32.1. The van der Waals surface area contributed by atoms with Gasteiger partial charge in [0.1, 0.15) is 17.0 Å². The molecule has 0 unspecified atom stereocenters. The predicted octanol–water partition coefficient (Wildman–Crippen LogP) is 3.26. The Balaban J connectivity index is 1.30. The van der Waals surface area contributed by atoms with Gasteiger partial charge in [-0.05, 0) is 37.5 Å². The molecule has 0 saturated carbocycles. The van der Waals surface area contributed by atoms with E-state index in [1.54, 1.807) is 11.3 Å². The van der Waals surface area contributed by atoms with Crippen LogP contribution in [0.25, 0.3) is 10.2 Å². The maximum atomic E-state index is 12.6. The van der Waals surface area contributed by atoms with Gasteiger partial charge in [0.15, 0.2) is 0 Å². The highest BCUT2D eigenvalue weighted by molar-refractivity contribution is 7.19. The van der Waals surface area contributed by atoms with Crippen LogP contribution in [0.5, 0.6) is 0 Å². The summed E-state index contributed by atoms with van der Waals surface area (Å²) < 4.78 is 0. The van der Waals surface area contributed by atoms with Crippen molar-refractivity contribution in [2.24, 2.45) is 0 Å². The van der Waals surface area contributed by atoms with Crippen molar-refractivity contribution in [1.29, 1.82) is 0 Å². The number of fused-ring (bicyclic) bond motifs is 3. The monoisotopic (exact) mass is 410 g/mol. The molecule has 3 aromatic rings. The fourth-order valence-electron chi connectivity index (χ4n) is 3.81. The molecule has 0 atom stereocenters. The molecule has 1 aromatic carbocycles. The van der Waals surface area contributed by atoms with Gasteiger partial charge in [0, 0.05) is 36.7 Å². The number of urea groups is 1. The SMILES string of the molecule is CCN(CCCNC(=O)N1CCc2c(sc3ncnc(N)c23)C1)c1ccccc1. The lowest BCUT2D eigenvalue weighted by molar-refractivity contribution is 0.193. The second-order valence-corrected chi connectivity index (χ2v) is 8.20. The minimum atomic E-state index is -0.00470. The van der Waals surface area contributed by atoms with Crippen molar-refractivity contribution >= 4 is 39.1 Å². The van der Waals surface area contributed by atoms with Gasteiger partial charge < -0.3 is 20.9 Å². The molecule has 0 radical (unpaired) electrons. The number of carbonyl (C=O) groups is 1. The van der Waals surface area contributed by atoms with Gasteiger partial charge in [-0.25, -0.2) is 14.8 Å². The third kappa shape index (κ3) is 4.12. The number of rotatable bonds is 6. The zero-order chi connectivity index (χ0) is 20.2. The van der Waals surface area contributed by atoms with E-state index < -0.39 is 0 Å². The van der Waals surface area contributed by atoms with E-state index in [0.717, 1.165) is 41.0 Å². The lowest BCUT2D eigenvalue weighted by Crippen LogP contribution is -2.43. The minimum Gasteiger partial charge on any atom is -0.383 e. The lowest BCUT2D eigenvalue weighted by Gasteiger charge is -2.27. The van der Waals surface area contributed by atoms with Gasteiger partial charge in [0.25, 0.3) is 0 Å². The molecular formula is C21H26N6OS. The van der Waals surface area contributed by atoms with Crippen LogP contribution in [0.4, 0.5) is 16.3 Å². The lowest BCUT2D eigenvalue weighted by atomic mass is 10.1. The standard InChI is InChI=1S/C21H26N6OS/c1-2-26(15-7-4-3-5-8-15)11-6-10-23-21(28)27-12-9-16-17(13-27)29-20-18(16)19(22)24-14-25-20/h3-5,7-8,14H,2,6,9-13H2,1H3,(H,23,28)(H2,22,24,25). The van der Waals surface area contributed by atoms with E-state index in [4.69, 9.17) is 5.73 Å². The van der Waals surface area contributed by atoms with E-state index in [1.807, 2.05) is 11.0 Å². The smallest absolute Gasteiger partial charge is 0.317 e. The van der Waals surface area contributed by atoms with Crippen LogP contribution in [0, 0.1) is 0 Å². The first-order chi connectivity index (χ1) is 14.2. The van der Waals surface area contributed by atoms with Crippen molar-refractivity contribution < 1.29 is 4.79 Å². The van der Waals surface area contributed by atoms with Crippen LogP contribution in [-0.4, -0.2) is 47.1 Å². The normalized spacial score (nSPS) is 13.3. The van der Waals surface area contributed by atoms with E-state index in [9.17, 15) is 4.79 Å². The van der Waals surface area contributed by atoms with Gasteiger partial charge in [-0.1, -0.05) is 18.2 Å². The molecule has 8 heteroatoms. The Hall–Kier alpha value is -2.87. The van der Waals surface area contributed by atoms with E-state index in [-0.39, 0.29) is 6.03 Å². The Morgan fingerprint density at radius 1 is 1.31 bits per heavy atom. The first-order valence-corrected chi connectivity index (χ1v) is 10.8. The number of carbonyl (C=O) groups excluding carboxylic acids is 1. The molecule has 7 nitrogen and oxygen atoms in total. The Labute approximate surface area is 174 Å². The molecule has 3 heterocycles. The quantitative estimate of drug-likeness (QED) is 0.609. The number of hydrogen-bond acceptors (Lipinski definition) is 6. The zero-order valence-electron chi connectivity index (χ0n) is 16.6. The van der Waals surface area contributed by atoms with Gasteiger partial charge in [-0.3, -0.25) is 0 Å². The summed E-state index contributed by atoms with van der Waals surface area (Å²) in [5.41, 5.74) is 8.46. The summed E-state index contributed by atoms with van der Waals surface area (Å²) in [6.07, 6.45) is 3.19. The number of nitrogens with one attached hydrogen (secondary N) is 1. The van der Waals surface area contributed by atoms with E-state index >= 15 is 0 Å². The molecule has 152 valence electrons. The molecule has 29 heavy (non-hydrogen) atoms. The summed E-state index contributed by atoms with van der Waals surface area (Å²) in [4.78, 5) is 27.3. The number of thiophene rings is 1. The molecule has 2 aromatic heterocycles. The van der Waals surface area contributed by atoms with Crippen molar-refractivity contribution in [3.8, 4) is 0 Å². The molecule has 0 spiro atoms. The molecule has 4 rings (SSSR count). The molecule has 0 fully saturated rings. The van der Waals surface area contributed by atoms with Crippen molar-refractivity contribution in [1.82, 2.24) is 20.2 Å². The number of nitrogens with two attached hydrogens (primary N) is 1. The summed E-state index contributed by atoms with van der Waals surface area (Å²) in [7, 11) is 0. The maximum Gasteiger partial charge on any atom is 0.317 e. The van der Waals surface area contributed by atoms with E-state index in [1.165, 1.54) is 17.6 Å². The van der Waals surface area contributed by atoms with Crippen LogP contribution < -0.4 is 16.0 Å². The number of anilines is 2. The fraction of sp³-hybridized carbons (Fsp3) is 0.381. The first-order valence-electron chi connectivity index (χ1n) is 10.0. The van der Waals surface area contributed by atoms with Crippen molar-refractivity contribution in [3.63, 3.8) is 0 Å². The molecule has 1 aliphatic heterocycles. The maximum absolute atomic E-state index is 12.6. The van der Waals surface area contributed by atoms with Crippen LogP contribution in [0.1, 0.15) is 23.8 Å². The summed E-state index contributed by atoms with van der Waals surface area (Å²) in [5.74, 6) is 0.532. The van der Waals surface area contributed by atoms with Gasteiger partial charge in [0.05, 0.1) is 11.9 Å². The number of amides is 2. The molecule has 0 bridgehead atoms. The van der Waals surface area contributed by atoms with Crippen LogP contribution in [0.2, 0.25) is 0 Å². The first kappa shape index (κ1) is 19.4. The number of nitrogen functional groups attached to an aromatic ring is 1. The number of nitrogens with zero attached hydrogens (tertiary/aromatic N) is 4. The Bertz CT molecular complexity index is 990. The summed E-state index contributed by atoms with van der Waals surface area (Å²) in [6.45, 7) is 5.97. The molecular weight excluding hydrogens is 384 g/mol. The highest BCUT2D eigenvalue weighted by Crippen LogP contribution is 2.36. The highest BCUT2D eigenvalue weighted by Gasteiger charge is 2.25. The van der Waals surface area contributed by atoms with Gasteiger partial charge in [0.2, 0.25) is 0 Å². The molecule has 0 aliphatic carbocycles. The number of benzene rings is 1. The van der Waals surface area contributed by atoms with E-state index in [2.05, 4.69) is 51.4 Å². The van der Waals surface area contributed by atoms with Crippen molar-refractivity contribution in [2.45, 2.75) is 26.3 Å². The minimum absolute atomic E-state index is 0.00470. The van der Waals surface area contributed by atoms with Gasteiger partial charge in [-0.2, -0.15) is 0 Å². The van der Waals surface area contributed by atoms with Crippen molar-refractivity contribution in [3.05, 3.63) is 47.1 Å². The van der Waals surface area contributed by atoms with Gasteiger partial charge in [-0.15, -0.1) is 11.3 Å². The Morgan fingerprint density at radius 2 is 2.14 bits per heavy atom. The summed E-state index contributed by atoms with van der Waals surface area (Å²) in [5, 5.41) is 4.04. The van der Waals surface area contributed by atoms with Gasteiger partial charge >= 0.3 is 6.03 Å². The van der Waals surface area contributed by atoms with E-state index in [0.29, 0.717) is 25.5 Å². The number of hydrogen-bond donors (Lipinski definition) is 2. The summed E-state index contributed by atoms with van der Waals surface area (Å²) in [6, 6.07) is 10.4. The zero-order valence-corrected chi connectivity index (χ0v) is 17.4. The van der Waals surface area contributed by atoms with Crippen LogP contribution in [0.3, 0.4) is 0 Å². The van der Waals surface area contributed by atoms with Crippen LogP contribution in [0.15, 0.2) is 36.7 Å². The number of aromatic nitrogens is 2. The molecule has 1 aliphatic rings. The van der Waals surface area contributed by atoms with Crippen LogP contribution in [-0.2, 0) is 13.0 Å². The van der Waals surface area contributed by atoms with Crippen LogP contribution >= 0.6 is 11.3 Å². The average molecular weight is 411 g/mol. The second kappa shape index (κ2) is 8.65. The van der Waals surface area contributed by atoms with Crippen molar-refractivity contribution in [2.75, 3.05) is 36.8 Å². The Kier molecular flexibility index (Phi) is 5.80. The Morgan fingerprint density at radius 3 is 2.93 bits per heavy atom. The second-order valence-electron chi connectivity index (χ2n) is 7.12. The molecule has 2 amide bonds. The predicted molar refractivity (Wildman–Crippen MR) is 118 cm³/mol. The molecule has 3 N–H and O–H groups in total. The molecule has 0 saturated heterocycles. The third-order valence-corrected chi connectivity index (χ3v) is 6.46. The average Bonchev–Trinajstić information content (AvgIpc) is 3.13. The largest absolute Gasteiger partial charge is 0.383 e. The summed E-state index contributed by atoms with van der Waals surface area (Å²) >= 11 is 1.61. The fourth-order valence-corrected chi connectivity index (χ4v) is 5.02. The number of para-hydroxylation sites is 1.